The van der Waals surface area contributed by atoms with Gasteiger partial charge < -0.3 is 5.32 Å². The Balaban J connectivity index is 1.86. The molecule has 2 atom stereocenters. The molecule has 2 aromatic rings. The van der Waals surface area contributed by atoms with Crippen LogP contribution in [-0.4, -0.2) is 23.2 Å². The maximum absolute atomic E-state index is 13.1. The molecule has 25 heavy (non-hydrogen) atoms. The van der Waals surface area contributed by atoms with Gasteiger partial charge in [0.2, 0.25) is 0 Å². The fourth-order valence-electron chi connectivity index (χ4n) is 3.85. The molecule has 1 N–H and O–H groups in total. The van der Waals surface area contributed by atoms with Crippen LogP contribution in [0.25, 0.3) is 5.70 Å². The van der Waals surface area contributed by atoms with Crippen LogP contribution >= 0.6 is 11.8 Å². The number of thioether (sulfide) groups is 1. The van der Waals surface area contributed by atoms with Gasteiger partial charge in [-0.1, -0.05) is 73.3 Å². The van der Waals surface area contributed by atoms with E-state index in [1.807, 2.05) is 61.5 Å². The van der Waals surface area contributed by atoms with Gasteiger partial charge in [0.15, 0.2) is 10.9 Å². The number of fused-ring (bicyclic) bond motifs is 2. The Bertz CT molecular complexity index is 872. The van der Waals surface area contributed by atoms with Crippen LogP contribution in [0.2, 0.25) is 0 Å². The number of rotatable bonds is 3. The number of ketones is 1. The predicted molar refractivity (Wildman–Crippen MR) is 102 cm³/mol. The van der Waals surface area contributed by atoms with Gasteiger partial charge in [-0.2, -0.15) is 0 Å². The molecule has 0 unspecified atom stereocenters. The normalized spacial score (nSPS) is 21.6. The second-order valence-electron chi connectivity index (χ2n) is 6.29. The standard InChI is InChI=1S/C21H19NO2S/c1-2-25-21(24)16-12-22-19-14-10-6-7-11-15(14)20(23)18(19)17(16)13-8-4-3-5-9-13/h3-11,16-17,22H,2,12H2,1H3/t16-,17+/m1/s1. The van der Waals surface area contributed by atoms with Gasteiger partial charge in [0.1, 0.15) is 0 Å². The Kier molecular flexibility index (Phi) is 4.22. The molecule has 0 amide bonds. The molecular formula is C21H19NO2S. The third kappa shape index (κ3) is 2.61. The van der Waals surface area contributed by atoms with Gasteiger partial charge in [0.25, 0.3) is 0 Å². The van der Waals surface area contributed by atoms with E-state index in [1.165, 1.54) is 11.8 Å². The SMILES string of the molecule is CCSC(=O)[C@@H]1CNC2=C(C(=O)c3ccccc32)[C@H]1c1ccccc1. The van der Waals surface area contributed by atoms with Crippen LogP contribution in [0, 0.1) is 5.92 Å². The molecule has 1 aliphatic carbocycles. The lowest BCUT2D eigenvalue weighted by Gasteiger charge is -2.33. The molecule has 0 fully saturated rings. The van der Waals surface area contributed by atoms with Crippen LogP contribution in [0.15, 0.2) is 60.2 Å². The summed E-state index contributed by atoms with van der Waals surface area (Å²) in [6, 6.07) is 17.6. The Morgan fingerprint density at radius 3 is 2.48 bits per heavy atom. The van der Waals surface area contributed by atoms with Crippen LogP contribution in [0.1, 0.15) is 34.3 Å². The molecule has 4 rings (SSSR count). The summed E-state index contributed by atoms with van der Waals surface area (Å²) in [6.45, 7) is 2.55. The van der Waals surface area contributed by atoms with Crippen molar-refractivity contribution >= 4 is 28.4 Å². The first kappa shape index (κ1) is 16.2. The Labute approximate surface area is 151 Å². The van der Waals surface area contributed by atoms with Gasteiger partial charge in [-0.25, -0.2) is 0 Å². The molecule has 126 valence electrons. The summed E-state index contributed by atoms with van der Waals surface area (Å²) in [5.41, 5.74) is 4.37. The zero-order valence-corrected chi connectivity index (χ0v) is 14.8. The minimum absolute atomic E-state index is 0.0472. The van der Waals surface area contributed by atoms with E-state index in [-0.39, 0.29) is 22.7 Å². The van der Waals surface area contributed by atoms with Crippen LogP contribution < -0.4 is 5.32 Å². The molecule has 4 heteroatoms. The summed E-state index contributed by atoms with van der Waals surface area (Å²) in [7, 11) is 0. The van der Waals surface area contributed by atoms with Gasteiger partial charge in [0.05, 0.1) is 5.92 Å². The number of hydrogen-bond acceptors (Lipinski definition) is 4. The van der Waals surface area contributed by atoms with E-state index >= 15 is 0 Å². The topological polar surface area (TPSA) is 46.2 Å². The first-order chi connectivity index (χ1) is 12.2. The van der Waals surface area contributed by atoms with Crippen LogP contribution in [0.3, 0.4) is 0 Å². The third-order valence-corrected chi connectivity index (χ3v) is 5.79. The Morgan fingerprint density at radius 2 is 1.76 bits per heavy atom. The first-order valence-electron chi connectivity index (χ1n) is 8.56. The lowest BCUT2D eigenvalue weighted by molar-refractivity contribution is -0.114. The highest BCUT2D eigenvalue weighted by Crippen LogP contribution is 2.46. The number of allylic oxidation sites excluding steroid dienone is 1. The molecule has 2 aliphatic rings. The van der Waals surface area contributed by atoms with Gasteiger partial charge in [-0.3, -0.25) is 9.59 Å². The van der Waals surface area contributed by atoms with E-state index in [1.54, 1.807) is 0 Å². The summed E-state index contributed by atoms with van der Waals surface area (Å²) >= 11 is 1.34. The van der Waals surface area contributed by atoms with E-state index < -0.39 is 0 Å². The third-order valence-electron chi connectivity index (χ3n) is 4.92. The summed E-state index contributed by atoms with van der Waals surface area (Å²) in [6.07, 6.45) is 0. The zero-order chi connectivity index (χ0) is 17.4. The van der Waals surface area contributed by atoms with Crippen molar-refractivity contribution in [3.8, 4) is 0 Å². The second-order valence-corrected chi connectivity index (χ2v) is 7.56. The lowest BCUT2D eigenvalue weighted by atomic mass is 9.77. The quantitative estimate of drug-likeness (QED) is 0.913. The fourth-order valence-corrected chi connectivity index (χ4v) is 4.57. The monoisotopic (exact) mass is 349 g/mol. The summed E-state index contributed by atoms with van der Waals surface area (Å²) in [5, 5.41) is 3.53. The van der Waals surface area contributed by atoms with E-state index in [4.69, 9.17) is 0 Å². The number of carbonyl (C=O) groups is 2. The average molecular weight is 349 g/mol. The highest BCUT2D eigenvalue weighted by Gasteiger charge is 2.44. The average Bonchev–Trinajstić information content (AvgIpc) is 2.95. The van der Waals surface area contributed by atoms with Crippen molar-refractivity contribution in [2.45, 2.75) is 12.8 Å². The summed E-state index contributed by atoms with van der Waals surface area (Å²) in [4.78, 5) is 25.9. The van der Waals surface area contributed by atoms with Crippen molar-refractivity contribution in [2.24, 2.45) is 5.92 Å². The van der Waals surface area contributed by atoms with Crippen LogP contribution in [0.5, 0.6) is 0 Å². The zero-order valence-electron chi connectivity index (χ0n) is 14.0. The molecule has 1 aliphatic heterocycles. The minimum atomic E-state index is -0.232. The van der Waals surface area contributed by atoms with Gasteiger partial charge in [0, 0.05) is 34.9 Å². The van der Waals surface area contributed by atoms with Crippen molar-refractivity contribution in [3.05, 3.63) is 76.9 Å². The van der Waals surface area contributed by atoms with Gasteiger partial charge in [-0.05, 0) is 11.3 Å². The second kappa shape index (κ2) is 6.52. The molecule has 1 heterocycles. The minimum Gasteiger partial charge on any atom is -0.383 e. The molecule has 0 bridgehead atoms. The number of Topliss-reactive ketones (excluding diaryl/α,β-unsaturated/α-hetero) is 1. The molecule has 3 nitrogen and oxygen atoms in total. The fraction of sp³-hybridized carbons (Fsp3) is 0.238. The van der Waals surface area contributed by atoms with Gasteiger partial charge in [-0.15, -0.1) is 0 Å². The smallest absolute Gasteiger partial charge is 0.194 e. The highest BCUT2D eigenvalue weighted by atomic mass is 32.2. The van der Waals surface area contributed by atoms with Crippen molar-refractivity contribution < 1.29 is 9.59 Å². The van der Waals surface area contributed by atoms with E-state index in [2.05, 4.69) is 5.32 Å². The van der Waals surface area contributed by atoms with E-state index in [9.17, 15) is 9.59 Å². The molecule has 0 saturated carbocycles. The first-order valence-corrected chi connectivity index (χ1v) is 9.54. The molecule has 0 saturated heterocycles. The number of hydrogen-bond donors (Lipinski definition) is 1. The maximum Gasteiger partial charge on any atom is 0.194 e. The van der Waals surface area contributed by atoms with Gasteiger partial charge >= 0.3 is 0 Å². The maximum atomic E-state index is 13.1. The van der Waals surface area contributed by atoms with Crippen molar-refractivity contribution in [2.75, 3.05) is 12.3 Å². The number of nitrogens with one attached hydrogen (secondary N) is 1. The number of carbonyl (C=O) groups excluding carboxylic acids is 2. The molecule has 0 radical (unpaired) electrons. The van der Waals surface area contributed by atoms with E-state index in [0.29, 0.717) is 6.54 Å². The lowest BCUT2D eigenvalue weighted by Crippen LogP contribution is -2.38. The molecule has 2 aromatic carbocycles. The predicted octanol–water partition coefficient (Wildman–Crippen LogP) is 3.88. The Morgan fingerprint density at radius 1 is 1.08 bits per heavy atom. The van der Waals surface area contributed by atoms with E-state index in [0.717, 1.165) is 33.7 Å². The Hall–Kier alpha value is -2.33. The molecule has 0 spiro atoms. The molecule has 0 aromatic heterocycles. The van der Waals surface area contributed by atoms with Crippen molar-refractivity contribution in [1.82, 2.24) is 5.32 Å². The highest BCUT2D eigenvalue weighted by molar-refractivity contribution is 8.13. The molecular weight excluding hydrogens is 330 g/mol. The van der Waals surface area contributed by atoms with Crippen LogP contribution in [-0.2, 0) is 4.79 Å². The summed E-state index contributed by atoms with van der Waals surface area (Å²) in [5.74, 6) is 0.371. The number of benzene rings is 2. The van der Waals surface area contributed by atoms with Crippen LogP contribution in [0.4, 0.5) is 0 Å². The largest absolute Gasteiger partial charge is 0.383 e. The van der Waals surface area contributed by atoms with Crippen molar-refractivity contribution in [1.29, 1.82) is 0 Å². The van der Waals surface area contributed by atoms with Crippen molar-refractivity contribution in [3.63, 3.8) is 0 Å². The summed E-state index contributed by atoms with van der Waals surface area (Å²) < 4.78 is 0.